The van der Waals surface area contributed by atoms with Crippen LogP contribution in [0.2, 0.25) is 0 Å². The summed E-state index contributed by atoms with van der Waals surface area (Å²) in [7, 11) is 0. The van der Waals surface area contributed by atoms with Crippen LogP contribution in [-0.2, 0) is 4.74 Å². The molecular formula is C9H14O. The molecule has 4 atom stereocenters. The molecule has 1 aliphatic heterocycles. The van der Waals surface area contributed by atoms with Crippen molar-refractivity contribution in [2.24, 2.45) is 17.8 Å². The lowest BCUT2D eigenvalue weighted by atomic mass is 9.87. The Kier molecular flexibility index (Phi) is 0.984. The molecule has 2 bridgehead atoms. The van der Waals surface area contributed by atoms with Crippen molar-refractivity contribution in [3.63, 3.8) is 0 Å². The average Bonchev–Trinajstić information content (AvgIpc) is 2.60. The molecular weight excluding hydrogens is 124 g/mol. The Bertz CT molecular complexity index is 151. The van der Waals surface area contributed by atoms with Crippen LogP contribution in [0.1, 0.15) is 25.7 Å². The molecule has 0 radical (unpaired) electrons. The van der Waals surface area contributed by atoms with Gasteiger partial charge in [-0.1, -0.05) is 6.42 Å². The first kappa shape index (κ1) is 5.59. The van der Waals surface area contributed by atoms with Gasteiger partial charge >= 0.3 is 0 Å². The second-order valence-corrected chi connectivity index (χ2v) is 4.21. The summed E-state index contributed by atoms with van der Waals surface area (Å²) in [5.41, 5.74) is 0. The molecule has 10 heavy (non-hydrogen) atoms. The topological polar surface area (TPSA) is 12.5 Å². The van der Waals surface area contributed by atoms with Gasteiger partial charge in [-0.05, 0) is 37.0 Å². The number of rotatable bonds is 1. The first-order valence-corrected chi connectivity index (χ1v) is 4.55. The van der Waals surface area contributed by atoms with E-state index in [1.807, 2.05) is 0 Å². The minimum Gasteiger partial charge on any atom is -0.373 e. The van der Waals surface area contributed by atoms with Gasteiger partial charge in [0.15, 0.2) is 0 Å². The molecule has 0 aromatic heterocycles. The molecule has 3 fully saturated rings. The van der Waals surface area contributed by atoms with Crippen molar-refractivity contribution >= 4 is 0 Å². The standard InChI is InChI=1S/C9H14O/c1-2-7-3-6(1)4-8(7)9-5-10-9/h6-9H,1-5H2/t6-,7+,8+,9+/m1/s1. The van der Waals surface area contributed by atoms with E-state index in [-0.39, 0.29) is 0 Å². The number of epoxide rings is 1. The summed E-state index contributed by atoms with van der Waals surface area (Å²) in [5.74, 6) is 3.15. The fraction of sp³-hybridized carbons (Fsp3) is 1.00. The second-order valence-electron chi connectivity index (χ2n) is 4.21. The first-order valence-electron chi connectivity index (χ1n) is 4.55. The maximum absolute atomic E-state index is 5.35. The predicted octanol–water partition coefficient (Wildman–Crippen LogP) is 1.82. The fourth-order valence-electron chi connectivity index (χ4n) is 3.05. The molecule has 1 heterocycles. The van der Waals surface area contributed by atoms with Gasteiger partial charge in [0.1, 0.15) is 0 Å². The molecule has 56 valence electrons. The van der Waals surface area contributed by atoms with E-state index in [1.165, 1.54) is 25.7 Å². The zero-order chi connectivity index (χ0) is 6.55. The molecule has 0 unspecified atom stereocenters. The number of hydrogen-bond acceptors (Lipinski definition) is 1. The Morgan fingerprint density at radius 3 is 2.50 bits per heavy atom. The highest BCUT2D eigenvalue weighted by atomic mass is 16.6. The highest BCUT2D eigenvalue weighted by molar-refractivity contribution is 4.96. The van der Waals surface area contributed by atoms with Crippen LogP contribution < -0.4 is 0 Å². The normalized spacial score (nSPS) is 57.6. The average molecular weight is 138 g/mol. The minimum atomic E-state index is 0.704. The lowest BCUT2D eigenvalue weighted by Crippen LogP contribution is -2.15. The summed E-state index contributed by atoms with van der Waals surface area (Å²) in [6, 6.07) is 0. The Morgan fingerprint density at radius 2 is 2.00 bits per heavy atom. The monoisotopic (exact) mass is 138 g/mol. The van der Waals surface area contributed by atoms with Crippen LogP contribution in [-0.4, -0.2) is 12.7 Å². The molecule has 3 rings (SSSR count). The molecule has 1 saturated heterocycles. The van der Waals surface area contributed by atoms with Crippen LogP contribution in [0.5, 0.6) is 0 Å². The molecule has 0 spiro atoms. The van der Waals surface area contributed by atoms with E-state index in [2.05, 4.69) is 0 Å². The fourth-order valence-corrected chi connectivity index (χ4v) is 3.05. The van der Waals surface area contributed by atoms with Gasteiger partial charge in [0, 0.05) is 0 Å². The van der Waals surface area contributed by atoms with Crippen LogP contribution in [0.25, 0.3) is 0 Å². The number of hydrogen-bond donors (Lipinski definition) is 0. The Labute approximate surface area is 61.8 Å². The largest absolute Gasteiger partial charge is 0.373 e. The van der Waals surface area contributed by atoms with Crippen molar-refractivity contribution in [1.29, 1.82) is 0 Å². The third-order valence-corrected chi connectivity index (χ3v) is 3.63. The maximum Gasteiger partial charge on any atom is 0.0840 e. The van der Waals surface area contributed by atoms with Gasteiger partial charge in [-0.15, -0.1) is 0 Å². The van der Waals surface area contributed by atoms with E-state index in [0.29, 0.717) is 6.10 Å². The van der Waals surface area contributed by atoms with Crippen molar-refractivity contribution in [3.8, 4) is 0 Å². The van der Waals surface area contributed by atoms with Crippen LogP contribution in [0.15, 0.2) is 0 Å². The van der Waals surface area contributed by atoms with Gasteiger partial charge in [-0.25, -0.2) is 0 Å². The zero-order valence-electron chi connectivity index (χ0n) is 6.25. The van der Waals surface area contributed by atoms with Gasteiger partial charge in [0.25, 0.3) is 0 Å². The lowest BCUT2D eigenvalue weighted by Gasteiger charge is -2.18. The van der Waals surface area contributed by atoms with Gasteiger partial charge in [-0.3, -0.25) is 0 Å². The quantitative estimate of drug-likeness (QED) is 0.503. The molecule has 0 N–H and O–H groups in total. The van der Waals surface area contributed by atoms with Gasteiger partial charge in [0.05, 0.1) is 12.7 Å². The summed E-state index contributed by atoms with van der Waals surface area (Å²) in [4.78, 5) is 0. The van der Waals surface area contributed by atoms with Crippen molar-refractivity contribution in [1.82, 2.24) is 0 Å². The van der Waals surface area contributed by atoms with E-state index in [1.54, 1.807) is 0 Å². The van der Waals surface area contributed by atoms with Crippen molar-refractivity contribution < 1.29 is 4.74 Å². The second kappa shape index (κ2) is 1.76. The third-order valence-electron chi connectivity index (χ3n) is 3.63. The lowest BCUT2D eigenvalue weighted by molar-refractivity contribution is 0.249. The zero-order valence-corrected chi connectivity index (χ0v) is 6.25. The molecule has 2 aliphatic carbocycles. The van der Waals surface area contributed by atoms with Gasteiger partial charge < -0.3 is 4.74 Å². The summed E-state index contributed by atoms with van der Waals surface area (Å²) >= 11 is 0. The summed E-state index contributed by atoms with van der Waals surface area (Å²) in [6.07, 6.45) is 6.76. The summed E-state index contributed by atoms with van der Waals surface area (Å²) in [5, 5.41) is 0. The van der Waals surface area contributed by atoms with Crippen LogP contribution in [0.4, 0.5) is 0 Å². The van der Waals surface area contributed by atoms with Crippen molar-refractivity contribution in [3.05, 3.63) is 0 Å². The van der Waals surface area contributed by atoms with Gasteiger partial charge in [0.2, 0.25) is 0 Å². The van der Waals surface area contributed by atoms with E-state index in [9.17, 15) is 0 Å². The van der Waals surface area contributed by atoms with Crippen molar-refractivity contribution in [2.45, 2.75) is 31.8 Å². The number of fused-ring (bicyclic) bond motifs is 2. The summed E-state index contributed by atoms with van der Waals surface area (Å²) in [6.45, 7) is 1.08. The Morgan fingerprint density at radius 1 is 1.10 bits per heavy atom. The Balaban J connectivity index is 1.77. The van der Waals surface area contributed by atoms with E-state index < -0.39 is 0 Å². The Hall–Kier alpha value is -0.0400. The van der Waals surface area contributed by atoms with E-state index in [0.717, 1.165) is 24.4 Å². The molecule has 0 aromatic rings. The molecule has 0 aromatic carbocycles. The van der Waals surface area contributed by atoms with Crippen LogP contribution in [0.3, 0.4) is 0 Å². The SMILES string of the molecule is C1C[C@H]2C[C@@H]1C[C@@H]2[C@@H]1CO1. The first-order chi connectivity index (χ1) is 4.93. The predicted molar refractivity (Wildman–Crippen MR) is 38.7 cm³/mol. The number of ether oxygens (including phenoxy) is 1. The van der Waals surface area contributed by atoms with Crippen LogP contribution >= 0.6 is 0 Å². The highest BCUT2D eigenvalue weighted by Gasteiger charge is 2.47. The highest BCUT2D eigenvalue weighted by Crippen LogP contribution is 2.51. The van der Waals surface area contributed by atoms with Crippen molar-refractivity contribution in [2.75, 3.05) is 6.61 Å². The molecule has 2 saturated carbocycles. The van der Waals surface area contributed by atoms with Gasteiger partial charge in [-0.2, -0.15) is 0 Å². The smallest absolute Gasteiger partial charge is 0.0840 e. The van der Waals surface area contributed by atoms with Crippen LogP contribution in [0, 0.1) is 17.8 Å². The minimum absolute atomic E-state index is 0.704. The summed E-state index contributed by atoms with van der Waals surface area (Å²) < 4.78 is 5.35. The molecule has 0 amide bonds. The third kappa shape index (κ3) is 0.672. The van der Waals surface area contributed by atoms with E-state index >= 15 is 0 Å². The molecule has 3 aliphatic rings. The van der Waals surface area contributed by atoms with E-state index in [4.69, 9.17) is 4.74 Å². The molecule has 1 nitrogen and oxygen atoms in total. The maximum atomic E-state index is 5.35. The molecule has 1 heteroatoms.